The van der Waals surface area contributed by atoms with Gasteiger partial charge in [0.1, 0.15) is 0 Å². The van der Waals surface area contributed by atoms with Crippen molar-refractivity contribution in [2.24, 2.45) is 0 Å². The zero-order valence-electron chi connectivity index (χ0n) is 15.4. The number of carbonyl (C=O) groups excluding carboxylic acids is 2. The number of ether oxygens (including phenoxy) is 2. The van der Waals surface area contributed by atoms with Gasteiger partial charge in [-0.2, -0.15) is 0 Å². The van der Waals surface area contributed by atoms with Crippen LogP contribution in [0.1, 0.15) is 40.1 Å². The number of esters is 1. The fraction of sp³-hybridized carbons (Fsp3) is 0.667. The number of hydrogen-bond donors (Lipinski definition) is 0. The number of aryl methyl sites for hydroxylation is 1. The lowest BCUT2D eigenvalue weighted by molar-refractivity contribution is -0.137. The third-order valence-electron chi connectivity index (χ3n) is 5.11. The normalized spacial score (nSPS) is 20.9. The zero-order valence-corrected chi connectivity index (χ0v) is 17.1. The molecule has 7 nitrogen and oxygen atoms in total. The molecule has 1 aliphatic carbocycles. The van der Waals surface area contributed by atoms with Gasteiger partial charge in [-0.25, -0.2) is 13.2 Å². The Morgan fingerprint density at radius 2 is 2.07 bits per heavy atom. The van der Waals surface area contributed by atoms with Crippen LogP contribution < -0.4 is 0 Å². The van der Waals surface area contributed by atoms with Gasteiger partial charge in [-0.05, 0) is 37.7 Å². The SMILES string of the molecule is COCCN(C(=O)COC(=O)c1csc2c1CCCC2)[C@H]1CCS(=O)(=O)C1. The minimum atomic E-state index is -3.12. The van der Waals surface area contributed by atoms with Crippen LogP contribution in [0.25, 0.3) is 0 Å². The molecule has 27 heavy (non-hydrogen) atoms. The van der Waals surface area contributed by atoms with Gasteiger partial charge in [0, 0.05) is 30.0 Å². The predicted octanol–water partition coefficient (Wildman–Crippen LogP) is 1.45. The van der Waals surface area contributed by atoms with Crippen molar-refractivity contribution in [1.29, 1.82) is 0 Å². The Kier molecular flexibility index (Phi) is 6.54. The number of hydrogen-bond acceptors (Lipinski definition) is 7. The van der Waals surface area contributed by atoms with Crippen molar-refractivity contribution in [2.45, 2.75) is 38.1 Å². The van der Waals surface area contributed by atoms with E-state index in [-0.39, 0.29) is 36.6 Å². The zero-order chi connectivity index (χ0) is 19.4. The van der Waals surface area contributed by atoms with E-state index in [2.05, 4.69) is 0 Å². The van der Waals surface area contributed by atoms with E-state index in [9.17, 15) is 18.0 Å². The summed E-state index contributed by atoms with van der Waals surface area (Å²) >= 11 is 1.57. The monoisotopic (exact) mass is 415 g/mol. The first-order valence-electron chi connectivity index (χ1n) is 9.16. The Hall–Kier alpha value is -1.45. The molecule has 0 aromatic carbocycles. The number of amides is 1. The molecule has 1 saturated heterocycles. The van der Waals surface area contributed by atoms with Crippen molar-refractivity contribution in [3.8, 4) is 0 Å². The van der Waals surface area contributed by atoms with E-state index in [0.717, 1.165) is 31.2 Å². The molecule has 3 rings (SSSR count). The van der Waals surface area contributed by atoms with Crippen molar-refractivity contribution in [3.63, 3.8) is 0 Å². The van der Waals surface area contributed by atoms with Crippen LogP contribution in [0.15, 0.2) is 5.38 Å². The number of nitrogens with zero attached hydrogens (tertiary/aromatic N) is 1. The predicted molar refractivity (Wildman–Crippen MR) is 102 cm³/mol. The van der Waals surface area contributed by atoms with Crippen LogP contribution in [0.2, 0.25) is 0 Å². The highest BCUT2D eigenvalue weighted by Crippen LogP contribution is 2.30. The minimum Gasteiger partial charge on any atom is -0.452 e. The highest BCUT2D eigenvalue weighted by atomic mass is 32.2. The van der Waals surface area contributed by atoms with Crippen LogP contribution in [0, 0.1) is 0 Å². The molecule has 0 N–H and O–H groups in total. The van der Waals surface area contributed by atoms with Gasteiger partial charge >= 0.3 is 5.97 Å². The van der Waals surface area contributed by atoms with Gasteiger partial charge in [0.15, 0.2) is 16.4 Å². The van der Waals surface area contributed by atoms with Crippen molar-refractivity contribution in [3.05, 3.63) is 21.4 Å². The molecule has 1 amide bonds. The summed E-state index contributed by atoms with van der Waals surface area (Å²) in [4.78, 5) is 27.8. The fourth-order valence-corrected chi connectivity index (χ4v) is 6.52. The van der Waals surface area contributed by atoms with Crippen LogP contribution in [0.4, 0.5) is 0 Å². The van der Waals surface area contributed by atoms with Gasteiger partial charge in [-0.3, -0.25) is 4.79 Å². The summed E-state index contributed by atoms with van der Waals surface area (Å²) in [5.41, 5.74) is 1.62. The summed E-state index contributed by atoms with van der Waals surface area (Å²) in [6.45, 7) is 0.193. The van der Waals surface area contributed by atoms with E-state index in [4.69, 9.17) is 9.47 Å². The fourth-order valence-electron chi connectivity index (χ4n) is 3.67. The standard InChI is InChI=1S/C18H25NO6S2/c1-24-8-7-19(13-6-9-27(22,23)12-13)17(20)10-25-18(21)15-11-26-16-5-3-2-4-14(15)16/h11,13H,2-10,12H2,1H3/t13-/m0/s1. The molecule has 1 atom stereocenters. The number of carbonyl (C=O) groups is 2. The summed E-state index contributed by atoms with van der Waals surface area (Å²) in [5, 5.41) is 1.81. The highest BCUT2D eigenvalue weighted by molar-refractivity contribution is 7.91. The van der Waals surface area contributed by atoms with E-state index < -0.39 is 15.8 Å². The van der Waals surface area contributed by atoms with E-state index in [0.29, 0.717) is 18.6 Å². The molecule has 2 aliphatic rings. The molecule has 0 bridgehead atoms. The second-order valence-electron chi connectivity index (χ2n) is 6.97. The Bertz CT molecular complexity index is 801. The van der Waals surface area contributed by atoms with Crippen molar-refractivity contribution < 1.29 is 27.5 Å². The van der Waals surface area contributed by atoms with Crippen LogP contribution >= 0.6 is 11.3 Å². The molecule has 1 aromatic rings. The molecule has 0 spiro atoms. The Balaban J connectivity index is 1.61. The quantitative estimate of drug-likeness (QED) is 0.626. The summed E-state index contributed by atoms with van der Waals surface area (Å²) in [7, 11) is -1.60. The molecule has 2 heterocycles. The lowest BCUT2D eigenvalue weighted by Crippen LogP contribution is -2.45. The first-order valence-corrected chi connectivity index (χ1v) is 11.9. The van der Waals surface area contributed by atoms with Gasteiger partial charge in [0.2, 0.25) is 0 Å². The molecular weight excluding hydrogens is 390 g/mol. The van der Waals surface area contributed by atoms with Gasteiger partial charge in [-0.15, -0.1) is 11.3 Å². The molecule has 0 saturated carbocycles. The third-order valence-corrected chi connectivity index (χ3v) is 7.95. The van der Waals surface area contributed by atoms with Gasteiger partial charge in [0.25, 0.3) is 5.91 Å². The second-order valence-corrected chi connectivity index (χ2v) is 10.2. The van der Waals surface area contributed by atoms with E-state index in [1.165, 1.54) is 16.9 Å². The summed E-state index contributed by atoms with van der Waals surface area (Å²) < 4.78 is 33.8. The van der Waals surface area contributed by atoms with Gasteiger partial charge in [-0.1, -0.05) is 0 Å². The van der Waals surface area contributed by atoms with Crippen LogP contribution in [0.3, 0.4) is 0 Å². The maximum absolute atomic E-state index is 12.6. The number of fused-ring (bicyclic) bond motifs is 1. The van der Waals surface area contributed by atoms with E-state index in [1.54, 1.807) is 11.3 Å². The third kappa shape index (κ3) is 4.89. The summed E-state index contributed by atoms with van der Waals surface area (Å²) in [5.74, 6) is -0.830. The molecule has 0 unspecified atom stereocenters. The molecule has 1 aromatic heterocycles. The number of sulfone groups is 1. The van der Waals surface area contributed by atoms with Crippen LogP contribution in [-0.4, -0.2) is 69.6 Å². The van der Waals surface area contributed by atoms with Crippen LogP contribution in [-0.2, 0) is 36.9 Å². The van der Waals surface area contributed by atoms with Gasteiger partial charge < -0.3 is 14.4 Å². The van der Waals surface area contributed by atoms with Crippen molar-refractivity contribution in [2.75, 3.05) is 38.4 Å². The lowest BCUT2D eigenvalue weighted by atomic mass is 9.96. The lowest BCUT2D eigenvalue weighted by Gasteiger charge is -2.27. The summed E-state index contributed by atoms with van der Waals surface area (Å²) in [6, 6.07) is -0.384. The second kappa shape index (κ2) is 8.70. The number of thiophene rings is 1. The molecule has 1 aliphatic heterocycles. The molecule has 150 valence electrons. The molecular formula is C18H25NO6S2. The van der Waals surface area contributed by atoms with E-state index in [1.807, 2.05) is 5.38 Å². The average molecular weight is 416 g/mol. The Labute approximate surface area is 163 Å². The number of rotatable bonds is 7. The van der Waals surface area contributed by atoms with Gasteiger partial charge in [0.05, 0.1) is 23.7 Å². The summed E-state index contributed by atoms with van der Waals surface area (Å²) in [6.07, 6.45) is 4.47. The van der Waals surface area contributed by atoms with Crippen molar-refractivity contribution in [1.82, 2.24) is 4.90 Å². The molecule has 0 radical (unpaired) electrons. The Morgan fingerprint density at radius 3 is 2.78 bits per heavy atom. The van der Waals surface area contributed by atoms with E-state index >= 15 is 0 Å². The first-order chi connectivity index (χ1) is 12.9. The highest BCUT2D eigenvalue weighted by Gasteiger charge is 2.35. The van der Waals surface area contributed by atoms with Crippen LogP contribution in [0.5, 0.6) is 0 Å². The minimum absolute atomic E-state index is 0.0472. The maximum Gasteiger partial charge on any atom is 0.339 e. The average Bonchev–Trinajstić information content (AvgIpc) is 3.23. The number of methoxy groups -OCH3 is 1. The molecule has 9 heteroatoms. The van der Waals surface area contributed by atoms with Crippen molar-refractivity contribution >= 4 is 33.1 Å². The Morgan fingerprint density at radius 1 is 1.30 bits per heavy atom. The smallest absolute Gasteiger partial charge is 0.339 e. The topological polar surface area (TPSA) is 90.0 Å². The maximum atomic E-state index is 12.6. The first kappa shape index (κ1) is 20.3. The largest absolute Gasteiger partial charge is 0.452 e. The molecule has 1 fully saturated rings.